The maximum atomic E-state index is 12.3. The molecule has 0 spiro atoms. The van der Waals surface area contributed by atoms with Crippen molar-refractivity contribution >= 4 is 11.8 Å². The molecular formula is C18H32N2O3. The number of carbonyl (C=O) groups excluding carboxylic acids is 2. The van der Waals surface area contributed by atoms with Gasteiger partial charge in [-0.05, 0) is 39.5 Å². The SMILES string of the molecule is C[C@@H]1CCCCCN1C(=O)COCC(=O)N1CCCCC[C@H]1C. The Hall–Kier alpha value is -1.10. The molecule has 0 aromatic heterocycles. The molecule has 2 heterocycles. The first-order valence-corrected chi connectivity index (χ1v) is 9.26. The van der Waals surface area contributed by atoms with Crippen LogP contribution in [0.3, 0.4) is 0 Å². The summed E-state index contributed by atoms with van der Waals surface area (Å²) in [5.74, 6) is 0.0484. The van der Waals surface area contributed by atoms with Crippen molar-refractivity contribution in [2.45, 2.75) is 77.3 Å². The van der Waals surface area contributed by atoms with Gasteiger partial charge in [-0.15, -0.1) is 0 Å². The Bertz CT molecular complexity index is 364. The topological polar surface area (TPSA) is 49.9 Å². The molecule has 0 bridgehead atoms. The Morgan fingerprint density at radius 3 is 1.65 bits per heavy atom. The van der Waals surface area contributed by atoms with Crippen LogP contribution in [-0.2, 0) is 14.3 Å². The third-order valence-electron chi connectivity index (χ3n) is 5.20. The van der Waals surface area contributed by atoms with Crippen LogP contribution in [0.15, 0.2) is 0 Å². The predicted molar refractivity (Wildman–Crippen MR) is 90.1 cm³/mol. The molecule has 0 unspecified atom stereocenters. The van der Waals surface area contributed by atoms with Gasteiger partial charge in [-0.1, -0.05) is 25.7 Å². The van der Waals surface area contributed by atoms with E-state index in [1.54, 1.807) is 0 Å². The van der Waals surface area contributed by atoms with Gasteiger partial charge in [0.2, 0.25) is 11.8 Å². The number of hydrogen-bond acceptors (Lipinski definition) is 3. The number of amides is 2. The lowest BCUT2D eigenvalue weighted by Gasteiger charge is -2.28. The maximum Gasteiger partial charge on any atom is 0.248 e. The summed E-state index contributed by atoms with van der Waals surface area (Å²) in [5, 5.41) is 0. The van der Waals surface area contributed by atoms with E-state index < -0.39 is 0 Å². The summed E-state index contributed by atoms with van der Waals surface area (Å²) in [6.45, 7) is 5.90. The van der Waals surface area contributed by atoms with Crippen LogP contribution in [0.25, 0.3) is 0 Å². The van der Waals surface area contributed by atoms with Crippen LogP contribution >= 0.6 is 0 Å². The second-order valence-electron chi connectivity index (χ2n) is 7.06. The van der Waals surface area contributed by atoms with E-state index in [1.807, 2.05) is 9.80 Å². The zero-order chi connectivity index (χ0) is 16.7. The van der Waals surface area contributed by atoms with Gasteiger partial charge in [0.15, 0.2) is 0 Å². The molecule has 2 saturated heterocycles. The Labute approximate surface area is 140 Å². The van der Waals surface area contributed by atoms with Crippen molar-refractivity contribution in [1.29, 1.82) is 0 Å². The molecule has 0 N–H and O–H groups in total. The molecule has 2 aliphatic heterocycles. The zero-order valence-corrected chi connectivity index (χ0v) is 14.8. The Kier molecular flexibility index (Phi) is 7.34. The quantitative estimate of drug-likeness (QED) is 0.798. The van der Waals surface area contributed by atoms with Crippen LogP contribution in [0, 0.1) is 0 Å². The molecule has 2 rings (SSSR count). The summed E-state index contributed by atoms with van der Waals surface area (Å²) in [6, 6.07) is 0.574. The van der Waals surface area contributed by atoms with Gasteiger partial charge in [0.1, 0.15) is 13.2 Å². The van der Waals surface area contributed by atoms with E-state index in [0.717, 1.165) is 38.8 Å². The van der Waals surface area contributed by atoms with Crippen molar-refractivity contribution in [2.24, 2.45) is 0 Å². The first kappa shape index (κ1) is 18.2. The van der Waals surface area contributed by atoms with Crippen molar-refractivity contribution in [2.75, 3.05) is 26.3 Å². The van der Waals surface area contributed by atoms with Crippen LogP contribution < -0.4 is 0 Å². The van der Waals surface area contributed by atoms with Crippen LogP contribution in [0.5, 0.6) is 0 Å². The molecule has 0 saturated carbocycles. The van der Waals surface area contributed by atoms with E-state index in [-0.39, 0.29) is 37.1 Å². The minimum absolute atomic E-state index is 0.0242. The van der Waals surface area contributed by atoms with Crippen molar-refractivity contribution in [3.05, 3.63) is 0 Å². The average molecular weight is 324 g/mol. The third kappa shape index (κ3) is 5.48. The van der Waals surface area contributed by atoms with Crippen molar-refractivity contribution in [3.8, 4) is 0 Å². The van der Waals surface area contributed by atoms with E-state index in [0.29, 0.717) is 0 Å². The van der Waals surface area contributed by atoms with Gasteiger partial charge in [-0.25, -0.2) is 0 Å². The standard InChI is InChI=1S/C18H32N2O3/c1-15-9-5-3-7-11-19(15)17(21)13-23-14-18(22)20-12-8-4-6-10-16(20)2/h15-16H,3-14H2,1-2H3/t15-,16-/m1/s1. The fourth-order valence-electron chi connectivity index (χ4n) is 3.68. The molecule has 2 aliphatic rings. The lowest BCUT2D eigenvalue weighted by atomic mass is 10.1. The van der Waals surface area contributed by atoms with Crippen molar-refractivity contribution in [3.63, 3.8) is 0 Å². The van der Waals surface area contributed by atoms with Crippen molar-refractivity contribution in [1.82, 2.24) is 9.80 Å². The van der Waals surface area contributed by atoms with Crippen LogP contribution in [-0.4, -0.2) is 60.0 Å². The largest absolute Gasteiger partial charge is 0.362 e. The molecule has 2 atom stereocenters. The molecule has 23 heavy (non-hydrogen) atoms. The molecule has 0 aliphatic carbocycles. The molecule has 2 fully saturated rings. The Balaban J connectivity index is 1.74. The number of ether oxygens (including phenoxy) is 1. The van der Waals surface area contributed by atoms with Gasteiger partial charge >= 0.3 is 0 Å². The molecule has 5 heteroatoms. The average Bonchev–Trinajstić information content (AvgIpc) is 2.87. The highest BCUT2D eigenvalue weighted by Crippen LogP contribution is 2.17. The van der Waals surface area contributed by atoms with Crippen molar-refractivity contribution < 1.29 is 14.3 Å². The minimum Gasteiger partial charge on any atom is -0.362 e. The van der Waals surface area contributed by atoms with Gasteiger partial charge in [-0.3, -0.25) is 9.59 Å². The van der Waals surface area contributed by atoms with Crippen LogP contribution in [0.4, 0.5) is 0 Å². The van der Waals surface area contributed by atoms with Gasteiger partial charge in [0.25, 0.3) is 0 Å². The highest BCUT2D eigenvalue weighted by molar-refractivity contribution is 5.80. The normalized spacial score (nSPS) is 26.5. The fraction of sp³-hybridized carbons (Fsp3) is 0.889. The van der Waals surface area contributed by atoms with Gasteiger partial charge < -0.3 is 14.5 Å². The Morgan fingerprint density at radius 1 is 0.783 bits per heavy atom. The molecular weight excluding hydrogens is 292 g/mol. The summed E-state index contributed by atoms with van der Waals surface area (Å²) in [7, 11) is 0. The van der Waals surface area contributed by atoms with E-state index >= 15 is 0 Å². The summed E-state index contributed by atoms with van der Waals surface area (Å²) < 4.78 is 5.46. The molecule has 132 valence electrons. The first-order chi connectivity index (χ1) is 11.1. The lowest BCUT2D eigenvalue weighted by Crippen LogP contribution is -2.43. The predicted octanol–water partition coefficient (Wildman–Crippen LogP) is 2.59. The van der Waals surface area contributed by atoms with Crippen LogP contribution in [0.2, 0.25) is 0 Å². The van der Waals surface area contributed by atoms with Gasteiger partial charge in [-0.2, -0.15) is 0 Å². The highest BCUT2D eigenvalue weighted by atomic mass is 16.5. The minimum atomic E-state index is 0.0242. The number of rotatable bonds is 4. The second kappa shape index (κ2) is 9.26. The third-order valence-corrected chi connectivity index (χ3v) is 5.20. The van der Waals surface area contributed by atoms with E-state index in [9.17, 15) is 9.59 Å². The first-order valence-electron chi connectivity index (χ1n) is 9.26. The summed E-state index contributed by atoms with van der Waals surface area (Å²) in [5.41, 5.74) is 0. The monoisotopic (exact) mass is 324 g/mol. The smallest absolute Gasteiger partial charge is 0.248 e. The Morgan fingerprint density at radius 2 is 1.22 bits per heavy atom. The summed E-state index contributed by atoms with van der Waals surface area (Å²) >= 11 is 0. The molecule has 0 aromatic rings. The number of carbonyl (C=O) groups is 2. The second-order valence-corrected chi connectivity index (χ2v) is 7.06. The van der Waals surface area contributed by atoms with Gasteiger partial charge in [0.05, 0.1) is 0 Å². The number of hydrogen-bond donors (Lipinski definition) is 0. The molecule has 5 nitrogen and oxygen atoms in total. The fourth-order valence-corrected chi connectivity index (χ4v) is 3.68. The number of likely N-dealkylation sites (tertiary alicyclic amines) is 2. The molecule has 0 aromatic carbocycles. The number of nitrogens with zero attached hydrogens (tertiary/aromatic N) is 2. The highest BCUT2D eigenvalue weighted by Gasteiger charge is 2.24. The molecule has 0 radical (unpaired) electrons. The van der Waals surface area contributed by atoms with Crippen LogP contribution in [0.1, 0.15) is 65.2 Å². The van der Waals surface area contributed by atoms with Gasteiger partial charge in [0, 0.05) is 25.2 Å². The molecule has 2 amide bonds. The van der Waals surface area contributed by atoms with E-state index in [4.69, 9.17) is 4.74 Å². The van der Waals surface area contributed by atoms with E-state index in [2.05, 4.69) is 13.8 Å². The summed E-state index contributed by atoms with van der Waals surface area (Å²) in [6.07, 6.45) is 9.04. The lowest BCUT2D eigenvalue weighted by molar-refractivity contribution is -0.144. The summed E-state index contributed by atoms with van der Waals surface area (Å²) in [4.78, 5) is 28.5. The zero-order valence-electron chi connectivity index (χ0n) is 14.8. The maximum absolute atomic E-state index is 12.3. The van der Waals surface area contributed by atoms with E-state index in [1.165, 1.54) is 25.7 Å².